The van der Waals surface area contributed by atoms with Crippen LogP contribution >= 0.6 is 11.8 Å². The zero-order valence-corrected chi connectivity index (χ0v) is 11.7. The molecule has 1 aliphatic carbocycles. The van der Waals surface area contributed by atoms with Gasteiger partial charge in [0.05, 0.1) is 12.0 Å². The third-order valence-corrected chi connectivity index (χ3v) is 5.26. The highest BCUT2D eigenvalue weighted by molar-refractivity contribution is 8.00. The van der Waals surface area contributed by atoms with Gasteiger partial charge in [0.2, 0.25) is 0 Å². The third kappa shape index (κ3) is 3.05. The normalized spacial score (nSPS) is 18.7. The van der Waals surface area contributed by atoms with Crippen LogP contribution in [0.5, 0.6) is 0 Å². The predicted molar refractivity (Wildman–Crippen MR) is 74.3 cm³/mol. The molecule has 0 aromatic carbocycles. The van der Waals surface area contributed by atoms with Gasteiger partial charge in [-0.15, -0.1) is 0 Å². The molecule has 1 aromatic heterocycles. The summed E-state index contributed by atoms with van der Waals surface area (Å²) in [4.78, 5) is 4.20. The van der Waals surface area contributed by atoms with Gasteiger partial charge in [0.15, 0.2) is 0 Å². The standard InChI is InChI=1S/C13H23N3S/c1-3-16-11-15-9-12(16)8-14-10-13(17-2)6-4-5-7-13/h9,11,14H,3-8,10H2,1-2H3. The highest BCUT2D eigenvalue weighted by Crippen LogP contribution is 2.39. The summed E-state index contributed by atoms with van der Waals surface area (Å²) in [5.74, 6) is 0. The van der Waals surface area contributed by atoms with Gasteiger partial charge in [0.1, 0.15) is 0 Å². The van der Waals surface area contributed by atoms with Crippen LogP contribution in [0.3, 0.4) is 0 Å². The van der Waals surface area contributed by atoms with Crippen molar-refractivity contribution in [2.24, 2.45) is 0 Å². The predicted octanol–water partition coefficient (Wildman–Crippen LogP) is 2.67. The Labute approximate surface area is 108 Å². The summed E-state index contributed by atoms with van der Waals surface area (Å²) in [6.07, 6.45) is 11.7. The summed E-state index contributed by atoms with van der Waals surface area (Å²) >= 11 is 2.04. The maximum atomic E-state index is 4.20. The first-order chi connectivity index (χ1) is 8.29. The molecule has 1 heterocycles. The SMILES string of the molecule is CCn1cncc1CNCC1(SC)CCCC1. The molecular weight excluding hydrogens is 230 g/mol. The number of rotatable bonds is 6. The Morgan fingerprint density at radius 3 is 2.88 bits per heavy atom. The molecule has 3 nitrogen and oxygen atoms in total. The number of nitrogens with zero attached hydrogens (tertiary/aromatic N) is 2. The minimum Gasteiger partial charge on any atom is -0.334 e. The lowest BCUT2D eigenvalue weighted by molar-refractivity contribution is 0.522. The highest BCUT2D eigenvalue weighted by Gasteiger charge is 2.32. The number of aromatic nitrogens is 2. The van der Waals surface area contributed by atoms with Crippen LogP contribution in [0.15, 0.2) is 12.5 Å². The summed E-state index contributed by atoms with van der Waals surface area (Å²) in [6, 6.07) is 0. The molecule has 2 rings (SSSR count). The maximum Gasteiger partial charge on any atom is 0.0948 e. The molecule has 96 valence electrons. The summed E-state index contributed by atoms with van der Waals surface area (Å²) in [5, 5.41) is 3.61. The lowest BCUT2D eigenvalue weighted by Crippen LogP contribution is -2.35. The molecule has 1 aromatic rings. The number of nitrogens with one attached hydrogen (secondary N) is 1. The second-order valence-corrected chi connectivity index (χ2v) is 6.14. The average Bonchev–Trinajstić information content (AvgIpc) is 2.98. The van der Waals surface area contributed by atoms with E-state index < -0.39 is 0 Å². The molecule has 0 unspecified atom stereocenters. The fourth-order valence-corrected chi connectivity index (χ4v) is 3.61. The van der Waals surface area contributed by atoms with Crippen LogP contribution in [-0.4, -0.2) is 27.1 Å². The van der Waals surface area contributed by atoms with Gasteiger partial charge in [-0.2, -0.15) is 11.8 Å². The van der Waals surface area contributed by atoms with Crippen LogP contribution in [0.2, 0.25) is 0 Å². The van der Waals surface area contributed by atoms with Crippen molar-refractivity contribution in [1.29, 1.82) is 0 Å². The van der Waals surface area contributed by atoms with Crippen LogP contribution < -0.4 is 5.32 Å². The molecule has 0 spiro atoms. The molecule has 1 N–H and O–H groups in total. The molecule has 1 saturated carbocycles. The van der Waals surface area contributed by atoms with E-state index in [2.05, 4.69) is 28.0 Å². The van der Waals surface area contributed by atoms with Gasteiger partial charge < -0.3 is 9.88 Å². The van der Waals surface area contributed by atoms with Crippen molar-refractivity contribution < 1.29 is 0 Å². The van der Waals surface area contributed by atoms with Crippen molar-refractivity contribution in [3.05, 3.63) is 18.2 Å². The number of hydrogen-bond donors (Lipinski definition) is 1. The van der Waals surface area contributed by atoms with Crippen LogP contribution in [0.4, 0.5) is 0 Å². The van der Waals surface area contributed by atoms with Gasteiger partial charge in [0, 0.05) is 30.6 Å². The molecule has 4 heteroatoms. The zero-order chi connectivity index (χ0) is 12.1. The van der Waals surface area contributed by atoms with Crippen molar-refractivity contribution in [2.75, 3.05) is 12.8 Å². The smallest absolute Gasteiger partial charge is 0.0948 e. The van der Waals surface area contributed by atoms with Gasteiger partial charge in [-0.25, -0.2) is 4.98 Å². The van der Waals surface area contributed by atoms with Crippen LogP contribution in [0.1, 0.15) is 38.3 Å². The Morgan fingerprint density at radius 1 is 1.47 bits per heavy atom. The summed E-state index contributed by atoms with van der Waals surface area (Å²) in [6.45, 7) is 5.23. The number of imidazole rings is 1. The lowest BCUT2D eigenvalue weighted by atomic mass is 10.1. The minimum atomic E-state index is 0.497. The fourth-order valence-electron chi connectivity index (χ4n) is 2.67. The first kappa shape index (κ1) is 13.0. The largest absolute Gasteiger partial charge is 0.334 e. The maximum absolute atomic E-state index is 4.20. The molecule has 17 heavy (non-hydrogen) atoms. The summed E-state index contributed by atoms with van der Waals surface area (Å²) in [7, 11) is 0. The van der Waals surface area contributed by atoms with Crippen molar-refractivity contribution in [3.63, 3.8) is 0 Å². The summed E-state index contributed by atoms with van der Waals surface area (Å²) in [5.41, 5.74) is 1.29. The van der Waals surface area contributed by atoms with Crippen LogP contribution in [0, 0.1) is 0 Å². The van der Waals surface area contributed by atoms with Gasteiger partial charge in [-0.1, -0.05) is 12.8 Å². The van der Waals surface area contributed by atoms with Crippen molar-refractivity contribution in [3.8, 4) is 0 Å². The average molecular weight is 253 g/mol. The zero-order valence-electron chi connectivity index (χ0n) is 10.9. The van der Waals surface area contributed by atoms with E-state index in [0.29, 0.717) is 4.75 Å². The number of thioether (sulfide) groups is 1. The minimum absolute atomic E-state index is 0.497. The lowest BCUT2D eigenvalue weighted by Gasteiger charge is -2.27. The Bertz CT molecular complexity index is 342. The molecule has 0 saturated heterocycles. The Morgan fingerprint density at radius 2 is 2.24 bits per heavy atom. The second kappa shape index (κ2) is 5.91. The molecule has 0 atom stereocenters. The molecule has 0 aliphatic heterocycles. The Kier molecular flexibility index (Phi) is 4.51. The van der Waals surface area contributed by atoms with E-state index in [9.17, 15) is 0 Å². The molecular formula is C13H23N3S. The first-order valence-corrected chi connectivity index (χ1v) is 7.77. The van der Waals surface area contributed by atoms with Crippen molar-refractivity contribution in [1.82, 2.24) is 14.9 Å². The van der Waals surface area contributed by atoms with Crippen LogP contribution in [0.25, 0.3) is 0 Å². The molecule has 1 fully saturated rings. The van der Waals surface area contributed by atoms with Gasteiger partial charge in [-0.05, 0) is 26.0 Å². The van der Waals surface area contributed by atoms with E-state index in [4.69, 9.17) is 0 Å². The van der Waals surface area contributed by atoms with E-state index in [-0.39, 0.29) is 0 Å². The first-order valence-electron chi connectivity index (χ1n) is 6.54. The van der Waals surface area contributed by atoms with Gasteiger partial charge >= 0.3 is 0 Å². The second-order valence-electron chi connectivity index (χ2n) is 4.87. The van der Waals surface area contributed by atoms with Gasteiger partial charge in [0.25, 0.3) is 0 Å². The van der Waals surface area contributed by atoms with E-state index in [1.54, 1.807) is 0 Å². The summed E-state index contributed by atoms with van der Waals surface area (Å²) < 4.78 is 2.70. The van der Waals surface area contributed by atoms with E-state index >= 15 is 0 Å². The van der Waals surface area contributed by atoms with E-state index in [0.717, 1.165) is 19.6 Å². The van der Waals surface area contributed by atoms with Gasteiger partial charge in [-0.3, -0.25) is 0 Å². The fraction of sp³-hybridized carbons (Fsp3) is 0.769. The Balaban J connectivity index is 1.82. The topological polar surface area (TPSA) is 29.9 Å². The van der Waals surface area contributed by atoms with Crippen molar-refractivity contribution in [2.45, 2.75) is 50.4 Å². The molecule has 0 radical (unpaired) electrons. The number of aryl methyl sites for hydroxylation is 1. The van der Waals surface area contributed by atoms with E-state index in [1.807, 2.05) is 24.3 Å². The quantitative estimate of drug-likeness (QED) is 0.845. The number of hydrogen-bond acceptors (Lipinski definition) is 3. The monoisotopic (exact) mass is 253 g/mol. The molecule has 0 amide bonds. The Hall–Kier alpha value is -0.480. The van der Waals surface area contributed by atoms with Crippen molar-refractivity contribution >= 4 is 11.8 Å². The highest BCUT2D eigenvalue weighted by atomic mass is 32.2. The third-order valence-electron chi connectivity index (χ3n) is 3.84. The molecule has 1 aliphatic rings. The molecule has 0 bridgehead atoms. The van der Waals surface area contributed by atoms with Crippen LogP contribution in [-0.2, 0) is 13.1 Å². The van der Waals surface area contributed by atoms with E-state index in [1.165, 1.54) is 31.4 Å².